The summed E-state index contributed by atoms with van der Waals surface area (Å²) < 4.78 is 2.12. The first-order chi connectivity index (χ1) is 12.1. The molecule has 1 amide bonds. The monoisotopic (exact) mass is 373 g/mol. The van der Waals surface area contributed by atoms with E-state index in [1.807, 2.05) is 36.4 Å². The van der Waals surface area contributed by atoms with E-state index in [4.69, 9.17) is 28.2 Å². The van der Waals surface area contributed by atoms with Gasteiger partial charge in [-0.2, -0.15) is 0 Å². The zero-order valence-corrected chi connectivity index (χ0v) is 15.0. The molecule has 2 aromatic carbocycles. The van der Waals surface area contributed by atoms with E-state index in [1.165, 1.54) is 6.08 Å². The van der Waals surface area contributed by atoms with E-state index in [1.54, 1.807) is 6.07 Å². The highest BCUT2D eigenvalue weighted by molar-refractivity contribution is 6.35. The SMILES string of the molecule is C=CC(=O)NCCc1nc2ccccc2n1Cc1ccc(Cl)cc1Cl. The van der Waals surface area contributed by atoms with E-state index in [2.05, 4.69) is 16.5 Å². The average molecular weight is 374 g/mol. The molecule has 0 atom stereocenters. The summed E-state index contributed by atoms with van der Waals surface area (Å²) >= 11 is 12.3. The van der Waals surface area contributed by atoms with E-state index >= 15 is 0 Å². The lowest BCUT2D eigenvalue weighted by atomic mass is 10.2. The smallest absolute Gasteiger partial charge is 0.243 e. The Hall–Kier alpha value is -2.30. The number of halogens is 2. The summed E-state index contributed by atoms with van der Waals surface area (Å²) in [6.45, 7) is 4.53. The van der Waals surface area contributed by atoms with Crippen molar-refractivity contribution in [1.29, 1.82) is 0 Å². The molecule has 25 heavy (non-hydrogen) atoms. The van der Waals surface area contributed by atoms with Gasteiger partial charge in [0.15, 0.2) is 0 Å². The van der Waals surface area contributed by atoms with Crippen LogP contribution in [0.4, 0.5) is 0 Å². The van der Waals surface area contributed by atoms with Gasteiger partial charge in [0.2, 0.25) is 5.91 Å². The van der Waals surface area contributed by atoms with Crippen LogP contribution in [0, 0.1) is 0 Å². The average Bonchev–Trinajstić information content (AvgIpc) is 2.95. The van der Waals surface area contributed by atoms with Gasteiger partial charge in [-0.3, -0.25) is 4.79 Å². The number of carbonyl (C=O) groups is 1. The summed E-state index contributed by atoms with van der Waals surface area (Å²) in [5, 5.41) is 4.01. The van der Waals surface area contributed by atoms with Crippen molar-refractivity contribution in [3.05, 3.63) is 76.6 Å². The van der Waals surface area contributed by atoms with Crippen molar-refractivity contribution in [1.82, 2.24) is 14.9 Å². The molecule has 0 aliphatic carbocycles. The number of fused-ring (bicyclic) bond motifs is 1. The fourth-order valence-electron chi connectivity index (χ4n) is 2.68. The van der Waals surface area contributed by atoms with Crippen LogP contribution in [0.25, 0.3) is 11.0 Å². The van der Waals surface area contributed by atoms with Crippen LogP contribution in [0.1, 0.15) is 11.4 Å². The van der Waals surface area contributed by atoms with Gasteiger partial charge in [0.25, 0.3) is 0 Å². The highest BCUT2D eigenvalue weighted by Crippen LogP contribution is 2.24. The van der Waals surface area contributed by atoms with Gasteiger partial charge < -0.3 is 9.88 Å². The minimum absolute atomic E-state index is 0.191. The molecular formula is C19H17Cl2N3O. The Balaban J connectivity index is 1.92. The van der Waals surface area contributed by atoms with Crippen LogP contribution >= 0.6 is 23.2 Å². The topological polar surface area (TPSA) is 46.9 Å². The molecule has 1 heterocycles. The van der Waals surface area contributed by atoms with Crippen LogP contribution < -0.4 is 5.32 Å². The number of aromatic nitrogens is 2. The van der Waals surface area contributed by atoms with Gasteiger partial charge in [0.05, 0.1) is 17.6 Å². The van der Waals surface area contributed by atoms with Gasteiger partial charge in [-0.25, -0.2) is 4.98 Å². The molecule has 6 heteroatoms. The molecule has 0 aliphatic heterocycles. The number of carbonyl (C=O) groups excluding carboxylic acids is 1. The van der Waals surface area contributed by atoms with E-state index in [-0.39, 0.29) is 5.91 Å². The summed E-state index contributed by atoms with van der Waals surface area (Å²) in [5.41, 5.74) is 2.90. The first-order valence-electron chi connectivity index (χ1n) is 7.87. The van der Waals surface area contributed by atoms with Crippen molar-refractivity contribution >= 4 is 40.1 Å². The number of hydrogen-bond acceptors (Lipinski definition) is 2. The van der Waals surface area contributed by atoms with Crippen LogP contribution in [-0.4, -0.2) is 22.0 Å². The van der Waals surface area contributed by atoms with Crippen LogP contribution in [0.3, 0.4) is 0 Å². The fraction of sp³-hybridized carbons (Fsp3) is 0.158. The number of nitrogens with zero attached hydrogens (tertiary/aromatic N) is 2. The van der Waals surface area contributed by atoms with Gasteiger partial charge >= 0.3 is 0 Å². The minimum Gasteiger partial charge on any atom is -0.352 e. The van der Waals surface area contributed by atoms with Crippen LogP contribution in [-0.2, 0) is 17.8 Å². The summed E-state index contributed by atoms with van der Waals surface area (Å²) in [4.78, 5) is 16.0. The predicted molar refractivity (Wildman–Crippen MR) is 102 cm³/mol. The molecule has 0 spiro atoms. The Kier molecular flexibility index (Phi) is 5.41. The zero-order chi connectivity index (χ0) is 17.8. The fourth-order valence-corrected chi connectivity index (χ4v) is 3.15. The highest BCUT2D eigenvalue weighted by atomic mass is 35.5. The normalized spacial score (nSPS) is 10.8. The lowest BCUT2D eigenvalue weighted by Gasteiger charge is -2.11. The van der Waals surface area contributed by atoms with Gasteiger partial charge in [-0.05, 0) is 35.9 Å². The lowest BCUT2D eigenvalue weighted by Crippen LogP contribution is -2.24. The molecule has 4 nitrogen and oxygen atoms in total. The first kappa shape index (κ1) is 17.5. The maximum absolute atomic E-state index is 11.3. The summed E-state index contributed by atoms with van der Waals surface area (Å²) in [5.74, 6) is 0.694. The van der Waals surface area contributed by atoms with Crippen LogP contribution in [0.5, 0.6) is 0 Å². The zero-order valence-electron chi connectivity index (χ0n) is 13.5. The van der Waals surface area contributed by atoms with Gasteiger partial charge in [-0.15, -0.1) is 0 Å². The second-order valence-corrected chi connectivity index (χ2v) is 6.43. The van der Waals surface area contributed by atoms with E-state index < -0.39 is 0 Å². The Morgan fingerprint density at radius 2 is 2.04 bits per heavy atom. The molecule has 1 N–H and O–H groups in total. The van der Waals surface area contributed by atoms with Gasteiger partial charge in [0, 0.05) is 23.0 Å². The van der Waals surface area contributed by atoms with E-state index in [0.717, 1.165) is 22.4 Å². The molecule has 0 aliphatic rings. The number of nitrogens with one attached hydrogen (secondary N) is 1. The molecule has 3 rings (SSSR count). The highest BCUT2D eigenvalue weighted by Gasteiger charge is 2.12. The molecule has 1 aromatic heterocycles. The Bertz CT molecular complexity index is 934. The third-order valence-corrected chi connectivity index (χ3v) is 4.50. The largest absolute Gasteiger partial charge is 0.352 e. The van der Waals surface area contributed by atoms with Crippen molar-refractivity contribution in [3.63, 3.8) is 0 Å². The van der Waals surface area contributed by atoms with Crippen LogP contribution in [0.2, 0.25) is 10.0 Å². The number of para-hydroxylation sites is 2. The second kappa shape index (κ2) is 7.72. The van der Waals surface area contributed by atoms with Crippen molar-refractivity contribution in [2.75, 3.05) is 6.54 Å². The first-order valence-corrected chi connectivity index (χ1v) is 8.62. The molecule has 0 saturated carbocycles. The number of benzene rings is 2. The van der Waals surface area contributed by atoms with Crippen molar-refractivity contribution in [2.45, 2.75) is 13.0 Å². The predicted octanol–water partition coefficient (Wildman–Crippen LogP) is 4.24. The Morgan fingerprint density at radius 1 is 1.24 bits per heavy atom. The number of rotatable bonds is 6. The molecule has 0 unspecified atom stereocenters. The molecular weight excluding hydrogens is 357 g/mol. The van der Waals surface area contributed by atoms with Crippen LogP contribution in [0.15, 0.2) is 55.1 Å². The molecule has 0 radical (unpaired) electrons. The third kappa shape index (κ3) is 4.03. The molecule has 0 bridgehead atoms. The second-order valence-electron chi connectivity index (χ2n) is 5.58. The van der Waals surface area contributed by atoms with Crippen molar-refractivity contribution in [3.8, 4) is 0 Å². The summed E-state index contributed by atoms with van der Waals surface area (Å²) in [6, 6.07) is 13.4. The van der Waals surface area contributed by atoms with E-state index in [0.29, 0.717) is 29.6 Å². The molecule has 0 saturated heterocycles. The van der Waals surface area contributed by atoms with Gasteiger partial charge in [0.1, 0.15) is 5.82 Å². The lowest BCUT2D eigenvalue weighted by molar-refractivity contribution is -0.116. The maximum Gasteiger partial charge on any atom is 0.243 e. The summed E-state index contributed by atoms with van der Waals surface area (Å²) in [6.07, 6.45) is 1.87. The molecule has 0 fully saturated rings. The van der Waals surface area contributed by atoms with Gasteiger partial charge in [-0.1, -0.05) is 48.0 Å². The van der Waals surface area contributed by atoms with Crippen molar-refractivity contribution in [2.24, 2.45) is 0 Å². The Labute approximate surface area is 156 Å². The summed E-state index contributed by atoms with van der Waals surface area (Å²) in [7, 11) is 0. The minimum atomic E-state index is -0.191. The maximum atomic E-state index is 11.3. The Morgan fingerprint density at radius 3 is 2.80 bits per heavy atom. The third-order valence-electron chi connectivity index (χ3n) is 3.91. The standard InChI is InChI=1S/C19H17Cl2N3O/c1-2-19(25)22-10-9-18-23-16-5-3-4-6-17(16)24(18)12-13-7-8-14(20)11-15(13)21/h2-8,11H,1,9-10,12H2,(H,22,25). The number of imidazole rings is 1. The molecule has 128 valence electrons. The van der Waals surface area contributed by atoms with E-state index in [9.17, 15) is 4.79 Å². The number of hydrogen-bond donors (Lipinski definition) is 1. The molecule has 3 aromatic rings. The quantitative estimate of drug-likeness (QED) is 0.657. The van der Waals surface area contributed by atoms with Crippen molar-refractivity contribution < 1.29 is 4.79 Å². The number of amides is 1.